The van der Waals surface area contributed by atoms with Crippen LogP contribution in [0.2, 0.25) is 0 Å². The lowest BCUT2D eigenvalue weighted by atomic mass is 10.0. The number of unbranched alkanes of at least 4 members (excludes halogenated alkanes) is 19. The van der Waals surface area contributed by atoms with Crippen LogP contribution in [0.15, 0.2) is 39.5 Å². The van der Waals surface area contributed by atoms with Gasteiger partial charge in [-0.3, -0.25) is 4.79 Å². The van der Waals surface area contributed by atoms with Crippen LogP contribution < -0.4 is 15.2 Å². The van der Waals surface area contributed by atoms with E-state index in [4.69, 9.17) is 13.9 Å². The number of phenolic OH excluding ortho intramolecular Hbond substituents is 4. The van der Waals surface area contributed by atoms with Gasteiger partial charge in [-0.15, -0.1) is 0 Å². The Kier molecular flexibility index (Phi) is 20.3. The minimum Gasteiger partial charge on any atom is -0.634 e. The van der Waals surface area contributed by atoms with Crippen LogP contribution in [0.3, 0.4) is 0 Å². The number of fused-ring (bicyclic) bond motifs is 1. The number of hydrogen-bond acceptors (Lipinski definition) is 9. The lowest BCUT2D eigenvalue weighted by Gasteiger charge is -2.22. The molecule has 286 valence electrons. The number of nitrogens with one attached hydrogen (secondary N) is 1. The fourth-order valence-corrected chi connectivity index (χ4v) is 6.45. The smallest absolute Gasteiger partial charge is 0.239 e. The van der Waals surface area contributed by atoms with Crippen molar-refractivity contribution >= 4 is 11.0 Å². The second-order valence-electron chi connectivity index (χ2n) is 13.8. The summed E-state index contributed by atoms with van der Waals surface area (Å²) in [6.45, 7) is 3.45. The molecule has 0 spiro atoms. The summed E-state index contributed by atoms with van der Waals surface area (Å²) in [6, 6.07) is 6.08. The molecule has 5 N–H and O–H groups in total. The molecule has 0 fully saturated rings. The molecule has 1 unspecified atom stereocenters. The van der Waals surface area contributed by atoms with Crippen molar-refractivity contribution in [2.24, 2.45) is 0 Å². The maximum absolute atomic E-state index is 13.3. The highest BCUT2D eigenvalue weighted by Gasteiger charge is 2.21. The number of quaternary nitrogens is 1. The predicted octanol–water partition coefficient (Wildman–Crippen LogP) is 8.88. The minimum absolute atomic E-state index is 0.0419. The summed E-state index contributed by atoms with van der Waals surface area (Å²) in [5, 5.41) is 52.2. The van der Waals surface area contributed by atoms with Gasteiger partial charge in [0.1, 0.15) is 35.6 Å². The van der Waals surface area contributed by atoms with Crippen LogP contribution in [-0.2, 0) is 4.74 Å². The zero-order valence-electron chi connectivity index (χ0n) is 30.9. The van der Waals surface area contributed by atoms with Gasteiger partial charge in [-0.2, -0.15) is 0 Å². The average Bonchev–Trinajstić information content (AvgIpc) is 3.10. The zero-order valence-corrected chi connectivity index (χ0v) is 30.9. The molecule has 3 rings (SSSR count). The molecule has 0 saturated carbocycles. The summed E-state index contributed by atoms with van der Waals surface area (Å²) in [6.07, 6.45) is 26.5. The van der Waals surface area contributed by atoms with E-state index in [2.05, 4.69) is 6.92 Å². The van der Waals surface area contributed by atoms with Crippen LogP contribution in [0, 0.1) is 5.21 Å². The average molecular weight is 714 g/mol. The predicted molar refractivity (Wildman–Crippen MR) is 203 cm³/mol. The van der Waals surface area contributed by atoms with Gasteiger partial charge in [-0.1, -0.05) is 122 Å². The first-order valence-electron chi connectivity index (χ1n) is 19.6. The molecule has 51 heavy (non-hydrogen) atoms. The molecule has 10 heteroatoms. The standard InChI is InChI=1S/C41H63NO9/c1-2-3-4-5-6-7-8-9-10-11-12-13-14-15-16-17-18-19-20-21-24-42(48)25-26-49-27-28-50-41-39(47)38-36(46)30-33(43)31-37(38)51-40(41)32-22-23-34(44)35(45)29-32/h22-23,29-31,42-46H,2-21,24-28H2,1H3. The third-order valence-electron chi connectivity index (χ3n) is 9.46. The van der Waals surface area contributed by atoms with Gasteiger partial charge in [0.05, 0.1) is 19.8 Å². The maximum atomic E-state index is 13.3. The molecular weight excluding hydrogens is 650 g/mol. The van der Waals surface area contributed by atoms with E-state index in [1.807, 2.05) is 0 Å². The first kappa shape index (κ1) is 41.9. The molecule has 1 aromatic heterocycles. The number of ether oxygens (including phenoxy) is 2. The number of aromatic hydroxyl groups is 4. The summed E-state index contributed by atoms with van der Waals surface area (Å²) < 4.78 is 17.1. The highest BCUT2D eigenvalue weighted by atomic mass is 16.5. The Bertz CT molecular complexity index is 1460. The van der Waals surface area contributed by atoms with Crippen molar-refractivity contribution in [2.75, 3.05) is 32.9 Å². The van der Waals surface area contributed by atoms with Gasteiger partial charge < -0.3 is 44.6 Å². The summed E-state index contributed by atoms with van der Waals surface area (Å²) >= 11 is 0. The largest absolute Gasteiger partial charge is 0.634 e. The number of rotatable bonds is 29. The molecule has 0 aliphatic carbocycles. The molecule has 1 heterocycles. The van der Waals surface area contributed by atoms with Crippen molar-refractivity contribution in [3.8, 4) is 40.1 Å². The molecule has 0 aliphatic heterocycles. The molecule has 0 bridgehead atoms. The van der Waals surface area contributed by atoms with Gasteiger partial charge >= 0.3 is 0 Å². The van der Waals surface area contributed by atoms with E-state index < -0.39 is 16.9 Å². The van der Waals surface area contributed by atoms with Crippen LogP contribution in [0.25, 0.3) is 22.3 Å². The highest BCUT2D eigenvalue weighted by molar-refractivity contribution is 5.88. The number of phenols is 4. The fraction of sp³-hybridized carbons (Fsp3) is 0.634. The maximum Gasteiger partial charge on any atom is 0.239 e. The molecule has 0 aliphatic rings. The van der Waals surface area contributed by atoms with Crippen LogP contribution in [0.4, 0.5) is 0 Å². The Morgan fingerprint density at radius 1 is 0.627 bits per heavy atom. The van der Waals surface area contributed by atoms with Crippen molar-refractivity contribution in [1.29, 1.82) is 0 Å². The van der Waals surface area contributed by atoms with E-state index in [-0.39, 0.29) is 64.4 Å². The first-order valence-corrected chi connectivity index (χ1v) is 19.6. The van der Waals surface area contributed by atoms with Crippen molar-refractivity contribution in [3.05, 3.63) is 45.8 Å². The molecule has 1 atom stereocenters. The number of hydroxylamine groups is 2. The lowest BCUT2D eigenvalue weighted by Crippen LogP contribution is -3.07. The summed E-state index contributed by atoms with van der Waals surface area (Å²) in [5.41, 5.74) is -0.526. The minimum atomic E-state index is -0.679. The number of benzene rings is 2. The van der Waals surface area contributed by atoms with Crippen molar-refractivity contribution < 1.29 is 39.4 Å². The van der Waals surface area contributed by atoms with Crippen molar-refractivity contribution in [3.63, 3.8) is 0 Å². The van der Waals surface area contributed by atoms with E-state index in [9.17, 15) is 30.4 Å². The van der Waals surface area contributed by atoms with Crippen LogP contribution in [0.1, 0.15) is 135 Å². The van der Waals surface area contributed by atoms with E-state index in [0.717, 1.165) is 18.9 Å². The summed E-state index contributed by atoms with van der Waals surface area (Å²) in [5.74, 6) is -1.84. The van der Waals surface area contributed by atoms with Gasteiger partial charge in [0.15, 0.2) is 17.3 Å². The second-order valence-corrected chi connectivity index (χ2v) is 13.8. The molecule has 2 aromatic carbocycles. The third-order valence-corrected chi connectivity index (χ3v) is 9.46. The lowest BCUT2D eigenvalue weighted by molar-refractivity contribution is -0.848. The van der Waals surface area contributed by atoms with Gasteiger partial charge in [0, 0.05) is 17.7 Å². The fourth-order valence-electron chi connectivity index (χ4n) is 6.45. The number of hydrogen-bond donors (Lipinski definition) is 5. The van der Waals surface area contributed by atoms with Crippen LogP contribution >= 0.6 is 0 Å². The molecular formula is C41H63NO9. The molecule has 10 nitrogen and oxygen atoms in total. The topological polar surface area (TPSA) is 157 Å². The SMILES string of the molecule is CCCCCCCCCCCCCCCCCCCCCC[NH+]([O-])CCOCCOc1c(-c2ccc(O)c(O)c2)oc2cc(O)cc(O)c2c1=O. The van der Waals surface area contributed by atoms with Crippen LogP contribution in [-0.4, -0.2) is 53.3 Å². The molecule has 0 amide bonds. The van der Waals surface area contributed by atoms with Gasteiger partial charge in [0.2, 0.25) is 11.2 Å². The Balaban J connectivity index is 1.21. The van der Waals surface area contributed by atoms with Gasteiger partial charge in [-0.05, 0) is 31.0 Å². The molecule has 0 saturated heterocycles. The Morgan fingerprint density at radius 2 is 1.18 bits per heavy atom. The van der Waals surface area contributed by atoms with Gasteiger partial charge in [0.25, 0.3) is 0 Å². The Morgan fingerprint density at radius 3 is 1.73 bits per heavy atom. The zero-order chi connectivity index (χ0) is 36.7. The molecule has 3 aromatic rings. The van der Waals surface area contributed by atoms with Crippen LogP contribution in [0.5, 0.6) is 28.7 Å². The summed E-state index contributed by atoms with van der Waals surface area (Å²) in [7, 11) is 0. The van der Waals surface area contributed by atoms with E-state index >= 15 is 0 Å². The quantitative estimate of drug-likeness (QED) is 0.0269. The van der Waals surface area contributed by atoms with E-state index in [1.54, 1.807) is 0 Å². The van der Waals surface area contributed by atoms with Crippen molar-refractivity contribution in [2.45, 2.75) is 135 Å². The second kappa shape index (κ2) is 24.7. The Labute approximate surface area is 304 Å². The first-order chi connectivity index (χ1) is 24.8. The third kappa shape index (κ3) is 15.8. The van der Waals surface area contributed by atoms with Crippen molar-refractivity contribution in [1.82, 2.24) is 0 Å². The van der Waals surface area contributed by atoms with E-state index in [0.29, 0.717) is 13.1 Å². The normalized spacial score (nSPS) is 12.1. The van der Waals surface area contributed by atoms with Gasteiger partial charge in [-0.25, -0.2) is 0 Å². The Hall–Kier alpha value is -3.47. The summed E-state index contributed by atoms with van der Waals surface area (Å²) in [4.78, 5) is 13.3. The monoisotopic (exact) mass is 713 g/mol. The van der Waals surface area contributed by atoms with E-state index in [1.165, 1.54) is 140 Å². The highest BCUT2D eigenvalue weighted by Crippen LogP contribution is 2.38. The molecule has 0 radical (unpaired) electrons.